The zero-order valence-electron chi connectivity index (χ0n) is 8.10. The summed E-state index contributed by atoms with van der Waals surface area (Å²) in [5.41, 5.74) is 0.836. The highest BCUT2D eigenvalue weighted by molar-refractivity contribution is 8.13. The highest BCUT2D eigenvalue weighted by atomic mass is 35.7. The first kappa shape index (κ1) is 11.2. The molecule has 2 N–H and O–H groups in total. The second-order valence-corrected chi connectivity index (χ2v) is 5.98. The maximum atomic E-state index is 11.0. The van der Waals surface area contributed by atoms with Crippen LogP contribution in [0, 0.1) is 0 Å². The van der Waals surface area contributed by atoms with Crippen molar-refractivity contribution in [2.24, 2.45) is 0 Å². The predicted octanol–water partition coefficient (Wildman–Crippen LogP) is 0.968. The van der Waals surface area contributed by atoms with E-state index in [1.54, 1.807) is 12.1 Å². The molecule has 0 spiro atoms. The summed E-state index contributed by atoms with van der Waals surface area (Å²) in [6.07, 6.45) is 0. The number of carbonyl (C=O) groups excluding carboxylic acids is 1. The first-order chi connectivity index (χ1) is 7.47. The third-order valence-electron chi connectivity index (χ3n) is 2.34. The van der Waals surface area contributed by atoms with Crippen LogP contribution in [-0.4, -0.2) is 21.0 Å². The molecule has 0 aliphatic carbocycles. The van der Waals surface area contributed by atoms with Gasteiger partial charge in [-0.2, -0.15) is 0 Å². The molecular formula is C9H9ClN2O3S. The number of halogens is 1. The zero-order valence-corrected chi connectivity index (χ0v) is 9.68. The molecular weight excluding hydrogens is 252 g/mol. The van der Waals surface area contributed by atoms with Gasteiger partial charge in [0.25, 0.3) is 9.05 Å². The van der Waals surface area contributed by atoms with E-state index in [2.05, 4.69) is 10.6 Å². The Balaban J connectivity index is 2.23. The number of amides is 2. The van der Waals surface area contributed by atoms with Gasteiger partial charge in [-0.1, -0.05) is 12.1 Å². The summed E-state index contributed by atoms with van der Waals surface area (Å²) >= 11 is 0. The van der Waals surface area contributed by atoms with Gasteiger partial charge in [-0.05, 0) is 17.7 Å². The summed E-state index contributed by atoms with van der Waals surface area (Å²) in [7, 11) is 1.50. The van der Waals surface area contributed by atoms with E-state index < -0.39 is 9.05 Å². The Morgan fingerprint density at radius 3 is 2.31 bits per heavy atom. The van der Waals surface area contributed by atoms with Crippen LogP contribution < -0.4 is 10.6 Å². The summed E-state index contributed by atoms with van der Waals surface area (Å²) in [6, 6.07) is 5.75. The minimum absolute atomic E-state index is 0.0511. The highest BCUT2D eigenvalue weighted by Crippen LogP contribution is 2.20. The number of benzene rings is 1. The average molecular weight is 261 g/mol. The molecule has 1 aliphatic heterocycles. The van der Waals surface area contributed by atoms with Gasteiger partial charge < -0.3 is 10.6 Å². The van der Waals surface area contributed by atoms with Crippen LogP contribution in [0.1, 0.15) is 11.6 Å². The van der Waals surface area contributed by atoms with Crippen molar-refractivity contribution >= 4 is 25.8 Å². The summed E-state index contributed by atoms with van der Waals surface area (Å²) in [6.45, 7) is 0.492. The molecule has 16 heavy (non-hydrogen) atoms. The van der Waals surface area contributed by atoms with E-state index in [9.17, 15) is 13.2 Å². The van der Waals surface area contributed by atoms with Gasteiger partial charge in [0.1, 0.15) is 0 Å². The van der Waals surface area contributed by atoms with Gasteiger partial charge in [-0.15, -0.1) is 0 Å². The Morgan fingerprint density at radius 1 is 1.25 bits per heavy atom. The van der Waals surface area contributed by atoms with Gasteiger partial charge in [0.05, 0.1) is 10.9 Å². The van der Waals surface area contributed by atoms with E-state index in [1.165, 1.54) is 12.1 Å². The second-order valence-electron chi connectivity index (χ2n) is 3.41. The molecule has 2 amide bonds. The van der Waals surface area contributed by atoms with E-state index in [0.29, 0.717) is 6.54 Å². The minimum atomic E-state index is -3.68. The Morgan fingerprint density at radius 2 is 1.88 bits per heavy atom. The number of urea groups is 1. The second kappa shape index (κ2) is 3.95. The van der Waals surface area contributed by atoms with Gasteiger partial charge in [0, 0.05) is 17.2 Å². The minimum Gasteiger partial charge on any atom is -0.336 e. The molecule has 1 aliphatic rings. The third-order valence-corrected chi connectivity index (χ3v) is 3.71. The van der Waals surface area contributed by atoms with Crippen LogP contribution in [0.25, 0.3) is 0 Å². The van der Waals surface area contributed by atoms with Crippen LogP contribution in [0.5, 0.6) is 0 Å². The maximum absolute atomic E-state index is 11.0. The van der Waals surface area contributed by atoms with Crippen molar-refractivity contribution in [3.8, 4) is 0 Å². The number of carbonyl (C=O) groups is 1. The van der Waals surface area contributed by atoms with Crippen LogP contribution in [-0.2, 0) is 9.05 Å². The number of nitrogens with one attached hydrogen (secondary N) is 2. The largest absolute Gasteiger partial charge is 0.336 e. The lowest BCUT2D eigenvalue weighted by atomic mass is 10.1. The van der Waals surface area contributed by atoms with E-state index in [-0.39, 0.29) is 17.0 Å². The Labute approximate surface area is 97.2 Å². The molecule has 0 radical (unpaired) electrons. The predicted molar refractivity (Wildman–Crippen MR) is 58.8 cm³/mol. The van der Waals surface area contributed by atoms with Crippen LogP contribution in [0.4, 0.5) is 4.79 Å². The van der Waals surface area contributed by atoms with Crippen molar-refractivity contribution in [1.29, 1.82) is 0 Å². The molecule has 1 fully saturated rings. The Bertz CT molecular complexity index is 512. The van der Waals surface area contributed by atoms with E-state index in [0.717, 1.165) is 5.56 Å². The highest BCUT2D eigenvalue weighted by Gasteiger charge is 2.21. The van der Waals surface area contributed by atoms with Crippen LogP contribution in [0.15, 0.2) is 29.2 Å². The van der Waals surface area contributed by atoms with Crippen molar-refractivity contribution in [3.63, 3.8) is 0 Å². The molecule has 0 saturated carbocycles. The zero-order chi connectivity index (χ0) is 11.8. The fourth-order valence-corrected chi connectivity index (χ4v) is 2.29. The first-order valence-electron chi connectivity index (χ1n) is 4.56. The van der Waals surface area contributed by atoms with Crippen LogP contribution in [0.3, 0.4) is 0 Å². The van der Waals surface area contributed by atoms with Gasteiger partial charge in [-0.3, -0.25) is 0 Å². The first-order valence-corrected chi connectivity index (χ1v) is 6.87. The number of hydrogen-bond acceptors (Lipinski definition) is 3. The van der Waals surface area contributed by atoms with Gasteiger partial charge >= 0.3 is 6.03 Å². The molecule has 0 aromatic heterocycles. The van der Waals surface area contributed by atoms with E-state index >= 15 is 0 Å². The third kappa shape index (κ3) is 2.28. The number of rotatable bonds is 2. The van der Waals surface area contributed by atoms with Crippen molar-refractivity contribution in [1.82, 2.24) is 10.6 Å². The van der Waals surface area contributed by atoms with E-state index in [1.807, 2.05) is 0 Å². The molecule has 1 saturated heterocycles. The molecule has 7 heteroatoms. The molecule has 1 atom stereocenters. The molecule has 2 rings (SSSR count). The topological polar surface area (TPSA) is 75.3 Å². The SMILES string of the molecule is O=C1NCC(c2ccc(S(=O)(=O)Cl)cc2)N1. The lowest BCUT2D eigenvalue weighted by Gasteiger charge is -2.08. The molecule has 1 aromatic carbocycles. The van der Waals surface area contributed by atoms with Crippen molar-refractivity contribution < 1.29 is 13.2 Å². The summed E-state index contributed by atoms with van der Waals surface area (Å²) in [4.78, 5) is 11.0. The van der Waals surface area contributed by atoms with Gasteiger partial charge in [0.2, 0.25) is 0 Å². The summed E-state index contributed by atoms with van der Waals surface area (Å²) < 4.78 is 22.0. The summed E-state index contributed by atoms with van der Waals surface area (Å²) in [5, 5.41) is 5.31. The standard InChI is InChI=1S/C9H9ClN2O3S/c10-16(14,15)7-3-1-6(2-4-7)8-5-11-9(13)12-8/h1-4,8H,5H2,(H2,11,12,13). The fourth-order valence-electron chi connectivity index (χ4n) is 1.52. The van der Waals surface area contributed by atoms with Crippen molar-refractivity contribution in [3.05, 3.63) is 29.8 Å². The maximum Gasteiger partial charge on any atom is 0.315 e. The Hall–Kier alpha value is -1.27. The molecule has 86 valence electrons. The van der Waals surface area contributed by atoms with E-state index in [4.69, 9.17) is 10.7 Å². The van der Waals surface area contributed by atoms with Gasteiger partial charge in [-0.25, -0.2) is 13.2 Å². The average Bonchev–Trinajstić information content (AvgIpc) is 2.64. The normalized spacial score (nSPS) is 20.3. The van der Waals surface area contributed by atoms with Gasteiger partial charge in [0.15, 0.2) is 0 Å². The van der Waals surface area contributed by atoms with Crippen molar-refractivity contribution in [2.75, 3.05) is 6.54 Å². The summed E-state index contributed by atoms with van der Waals surface area (Å²) in [5.74, 6) is 0. The quantitative estimate of drug-likeness (QED) is 0.778. The number of hydrogen-bond donors (Lipinski definition) is 2. The van der Waals surface area contributed by atoms with Crippen LogP contribution in [0.2, 0.25) is 0 Å². The lowest BCUT2D eigenvalue weighted by Crippen LogP contribution is -2.21. The lowest BCUT2D eigenvalue weighted by molar-refractivity contribution is 0.247. The smallest absolute Gasteiger partial charge is 0.315 e. The van der Waals surface area contributed by atoms with Crippen LogP contribution >= 0.6 is 10.7 Å². The Kier molecular flexibility index (Phi) is 2.77. The monoisotopic (exact) mass is 260 g/mol. The molecule has 0 bridgehead atoms. The molecule has 1 aromatic rings. The van der Waals surface area contributed by atoms with Crippen molar-refractivity contribution in [2.45, 2.75) is 10.9 Å². The molecule has 1 heterocycles. The fraction of sp³-hybridized carbons (Fsp3) is 0.222. The molecule has 1 unspecified atom stereocenters. The molecule has 5 nitrogen and oxygen atoms in total.